The lowest BCUT2D eigenvalue weighted by Gasteiger charge is -2.11. The molecule has 0 unspecified atom stereocenters. The maximum absolute atomic E-state index is 5.30. The van der Waals surface area contributed by atoms with Crippen molar-refractivity contribution in [3.8, 4) is 17.0 Å². The van der Waals surface area contributed by atoms with Crippen molar-refractivity contribution in [3.05, 3.63) is 108 Å². The van der Waals surface area contributed by atoms with E-state index in [1.807, 2.05) is 18.2 Å². The van der Waals surface area contributed by atoms with Crippen LogP contribution in [-0.4, -0.2) is 12.1 Å². The van der Waals surface area contributed by atoms with Crippen LogP contribution in [0.1, 0.15) is 11.1 Å². The van der Waals surface area contributed by atoms with Gasteiger partial charge in [-0.25, -0.2) is 4.98 Å². The number of methoxy groups -OCH3 is 1. The molecule has 4 aromatic carbocycles. The molecule has 0 saturated heterocycles. The van der Waals surface area contributed by atoms with Crippen LogP contribution in [0.25, 0.3) is 45.1 Å². The Hall–Kier alpha value is -3.91. The number of hydrogen-bond acceptors (Lipinski definition) is 2. The third-order valence-corrected chi connectivity index (χ3v) is 5.37. The Morgan fingerprint density at radius 1 is 0.733 bits per heavy atom. The first-order valence-corrected chi connectivity index (χ1v) is 10.0. The van der Waals surface area contributed by atoms with Gasteiger partial charge in [0.15, 0.2) is 0 Å². The first-order valence-electron chi connectivity index (χ1n) is 10.0. The van der Waals surface area contributed by atoms with Crippen molar-refractivity contribution in [1.82, 2.24) is 4.98 Å². The zero-order chi connectivity index (χ0) is 20.3. The van der Waals surface area contributed by atoms with Crippen LogP contribution in [0.3, 0.4) is 0 Å². The summed E-state index contributed by atoms with van der Waals surface area (Å²) in [4.78, 5) is 4.99. The number of pyridine rings is 1. The smallest absolute Gasteiger partial charge is 0.118 e. The third kappa shape index (κ3) is 3.44. The normalized spacial score (nSPS) is 11.4. The molecule has 0 aliphatic heterocycles. The molecule has 0 amide bonds. The summed E-state index contributed by atoms with van der Waals surface area (Å²) in [5, 5.41) is 3.62. The van der Waals surface area contributed by atoms with Gasteiger partial charge in [0.1, 0.15) is 5.75 Å². The largest absolute Gasteiger partial charge is 0.497 e. The van der Waals surface area contributed by atoms with Crippen LogP contribution >= 0.6 is 0 Å². The summed E-state index contributed by atoms with van der Waals surface area (Å²) in [7, 11) is 1.68. The van der Waals surface area contributed by atoms with Gasteiger partial charge < -0.3 is 4.74 Å². The summed E-state index contributed by atoms with van der Waals surface area (Å²) in [6.07, 6.45) is 4.35. The van der Waals surface area contributed by atoms with Gasteiger partial charge in [0.2, 0.25) is 0 Å². The summed E-state index contributed by atoms with van der Waals surface area (Å²) in [6.45, 7) is 0. The van der Waals surface area contributed by atoms with E-state index in [1.54, 1.807) is 7.11 Å². The summed E-state index contributed by atoms with van der Waals surface area (Å²) in [5.41, 5.74) is 5.35. The minimum absolute atomic E-state index is 0.842. The van der Waals surface area contributed by atoms with E-state index in [2.05, 4.69) is 91.0 Å². The molecule has 5 aromatic rings. The molecule has 5 rings (SSSR count). The Bertz CT molecular complexity index is 1350. The van der Waals surface area contributed by atoms with Gasteiger partial charge in [0, 0.05) is 10.9 Å². The molecule has 30 heavy (non-hydrogen) atoms. The van der Waals surface area contributed by atoms with E-state index in [-0.39, 0.29) is 0 Å². The highest BCUT2D eigenvalue weighted by Crippen LogP contribution is 2.32. The molecule has 1 heterocycles. The Kier molecular flexibility index (Phi) is 4.74. The van der Waals surface area contributed by atoms with Crippen molar-refractivity contribution in [2.24, 2.45) is 0 Å². The van der Waals surface area contributed by atoms with E-state index in [1.165, 1.54) is 21.7 Å². The van der Waals surface area contributed by atoms with Gasteiger partial charge in [-0.3, -0.25) is 0 Å². The van der Waals surface area contributed by atoms with Gasteiger partial charge in [-0.1, -0.05) is 72.8 Å². The van der Waals surface area contributed by atoms with E-state index < -0.39 is 0 Å². The molecule has 0 radical (unpaired) electrons. The zero-order valence-corrected chi connectivity index (χ0v) is 16.7. The second-order valence-electron chi connectivity index (χ2n) is 7.25. The number of fused-ring (bicyclic) bond motifs is 3. The molecule has 0 saturated carbocycles. The minimum Gasteiger partial charge on any atom is -0.497 e. The molecular weight excluding hydrogens is 366 g/mol. The average molecular weight is 387 g/mol. The lowest BCUT2D eigenvalue weighted by atomic mass is 9.98. The quantitative estimate of drug-likeness (QED) is 0.303. The molecule has 0 bridgehead atoms. The Morgan fingerprint density at radius 2 is 1.50 bits per heavy atom. The first-order chi connectivity index (χ1) is 14.8. The van der Waals surface area contributed by atoms with Gasteiger partial charge >= 0.3 is 0 Å². The fourth-order valence-electron chi connectivity index (χ4n) is 3.83. The van der Waals surface area contributed by atoms with Gasteiger partial charge in [0.25, 0.3) is 0 Å². The van der Waals surface area contributed by atoms with Crippen molar-refractivity contribution in [3.63, 3.8) is 0 Å². The average Bonchev–Trinajstić information content (AvgIpc) is 2.83. The van der Waals surface area contributed by atoms with Crippen LogP contribution in [0.2, 0.25) is 0 Å². The highest BCUT2D eigenvalue weighted by Gasteiger charge is 2.10. The Balaban J connectivity index is 1.74. The maximum atomic E-state index is 5.30. The number of hydrogen-bond donors (Lipinski definition) is 0. The van der Waals surface area contributed by atoms with E-state index in [0.717, 1.165) is 28.1 Å². The summed E-state index contributed by atoms with van der Waals surface area (Å²) in [5.74, 6) is 0.842. The van der Waals surface area contributed by atoms with Crippen LogP contribution in [0.4, 0.5) is 0 Å². The summed E-state index contributed by atoms with van der Waals surface area (Å²) < 4.78 is 5.30. The molecule has 2 nitrogen and oxygen atoms in total. The van der Waals surface area contributed by atoms with Crippen molar-refractivity contribution in [2.45, 2.75) is 0 Å². The van der Waals surface area contributed by atoms with E-state index in [9.17, 15) is 0 Å². The summed E-state index contributed by atoms with van der Waals surface area (Å²) >= 11 is 0. The molecule has 144 valence electrons. The van der Waals surface area contributed by atoms with Crippen molar-refractivity contribution < 1.29 is 4.74 Å². The van der Waals surface area contributed by atoms with Crippen molar-refractivity contribution >= 4 is 33.8 Å². The maximum Gasteiger partial charge on any atom is 0.118 e. The minimum atomic E-state index is 0.842. The van der Waals surface area contributed by atoms with E-state index in [0.29, 0.717) is 0 Å². The molecule has 0 N–H and O–H groups in total. The molecular formula is C28H21NO. The molecule has 2 heteroatoms. The molecule has 0 aliphatic rings. The standard InChI is InChI=1S/C28H21NO/c1-30-24-16-13-22(14-17-24)27-19-23(12-11-20-7-3-2-4-8-20)28-25-10-6-5-9-21(25)15-18-26(28)29-27/h2-19H,1H3/b12-11+. The second-order valence-corrected chi connectivity index (χ2v) is 7.25. The third-order valence-electron chi connectivity index (χ3n) is 5.37. The van der Waals surface area contributed by atoms with Crippen LogP contribution in [0, 0.1) is 0 Å². The SMILES string of the molecule is COc1ccc(-c2cc(/C=C/c3ccccc3)c3c(ccc4ccccc43)n2)cc1. The monoisotopic (exact) mass is 387 g/mol. The number of benzene rings is 4. The molecule has 0 aliphatic carbocycles. The lowest BCUT2D eigenvalue weighted by molar-refractivity contribution is 0.415. The number of nitrogens with zero attached hydrogens (tertiary/aromatic N) is 1. The van der Waals surface area contributed by atoms with Crippen LogP contribution in [0.15, 0.2) is 97.1 Å². The Labute approximate surface area is 176 Å². The number of aromatic nitrogens is 1. The Morgan fingerprint density at radius 3 is 2.30 bits per heavy atom. The topological polar surface area (TPSA) is 22.1 Å². The van der Waals surface area contributed by atoms with Crippen LogP contribution < -0.4 is 4.74 Å². The number of ether oxygens (including phenoxy) is 1. The molecule has 1 aromatic heterocycles. The van der Waals surface area contributed by atoms with Gasteiger partial charge in [-0.15, -0.1) is 0 Å². The fourth-order valence-corrected chi connectivity index (χ4v) is 3.83. The highest BCUT2D eigenvalue weighted by molar-refractivity contribution is 6.11. The molecule has 0 fully saturated rings. The highest BCUT2D eigenvalue weighted by atomic mass is 16.5. The predicted octanol–water partition coefficient (Wildman–Crippen LogP) is 7.23. The van der Waals surface area contributed by atoms with Gasteiger partial charge in [-0.2, -0.15) is 0 Å². The van der Waals surface area contributed by atoms with Crippen molar-refractivity contribution in [1.29, 1.82) is 0 Å². The van der Waals surface area contributed by atoms with E-state index in [4.69, 9.17) is 9.72 Å². The van der Waals surface area contributed by atoms with Gasteiger partial charge in [0.05, 0.1) is 18.3 Å². The van der Waals surface area contributed by atoms with Crippen LogP contribution in [-0.2, 0) is 0 Å². The second kappa shape index (κ2) is 7.84. The molecule has 0 spiro atoms. The molecule has 0 atom stereocenters. The summed E-state index contributed by atoms with van der Waals surface area (Å²) in [6, 6.07) is 33.4. The fraction of sp³-hybridized carbons (Fsp3) is 0.0357. The van der Waals surface area contributed by atoms with Crippen molar-refractivity contribution in [2.75, 3.05) is 7.11 Å². The predicted molar refractivity (Wildman–Crippen MR) is 127 cm³/mol. The zero-order valence-electron chi connectivity index (χ0n) is 16.7. The lowest BCUT2D eigenvalue weighted by Crippen LogP contribution is -1.91. The van der Waals surface area contributed by atoms with E-state index >= 15 is 0 Å². The number of rotatable bonds is 4. The van der Waals surface area contributed by atoms with Crippen LogP contribution in [0.5, 0.6) is 5.75 Å². The first kappa shape index (κ1) is 18.1. The van der Waals surface area contributed by atoms with Gasteiger partial charge in [-0.05, 0) is 58.3 Å².